The molecule has 1 heterocycles. The Morgan fingerprint density at radius 1 is 1.33 bits per heavy atom. The van der Waals surface area contributed by atoms with Gasteiger partial charge in [0.05, 0.1) is 16.6 Å². The van der Waals surface area contributed by atoms with Gasteiger partial charge >= 0.3 is 0 Å². The summed E-state index contributed by atoms with van der Waals surface area (Å²) >= 11 is 11.8. The molecule has 0 aliphatic heterocycles. The Balaban J connectivity index is 2.54. The Kier molecular flexibility index (Phi) is 2.98. The topological polar surface area (TPSA) is 28.7 Å². The standard InChI is InChI=1S/C11H10Cl2N2/c1-7-11(15-10(6-12)14-7)8-4-2-3-5-9(8)13/h2-5H,6H2,1H3,(H,14,15). The first-order chi connectivity index (χ1) is 7.22. The van der Waals surface area contributed by atoms with Gasteiger partial charge in [-0.05, 0) is 13.0 Å². The smallest absolute Gasteiger partial charge is 0.121 e. The third-order valence-corrected chi connectivity index (χ3v) is 2.77. The first-order valence-electron chi connectivity index (χ1n) is 4.58. The van der Waals surface area contributed by atoms with Crippen LogP contribution >= 0.6 is 23.2 Å². The van der Waals surface area contributed by atoms with Crippen molar-refractivity contribution in [1.82, 2.24) is 9.97 Å². The summed E-state index contributed by atoms with van der Waals surface area (Å²) in [4.78, 5) is 7.51. The van der Waals surface area contributed by atoms with Crippen molar-refractivity contribution in [3.05, 3.63) is 40.8 Å². The van der Waals surface area contributed by atoms with Gasteiger partial charge in [0.1, 0.15) is 5.82 Å². The van der Waals surface area contributed by atoms with E-state index < -0.39 is 0 Å². The maximum atomic E-state index is 6.10. The lowest BCUT2D eigenvalue weighted by molar-refractivity contribution is 1.10. The number of aryl methyl sites for hydroxylation is 1. The molecular weight excluding hydrogens is 231 g/mol. The van der Waals surface area contributed by atoms with Crippen molar-refractivity contribution in [2.24, 2.45) is 0 Å². The largest absolute Gasteiger partial charge is 0.345 e. The van der Waals surface area contributed by atoms with Crippen LogP contribution in [0.5, 0.6) is 0 Å². The third-order valence-electron chi connectivity index (χ3n) is 2.19. The molecule has 0 spiro atoms. The highest BCUT2D eigenvalue weighted by Crippen LogP contribution is 2.28. The second kappa shape index (κ2) is 4.25. The Labute approximate surface area is 98.3 Å². The molecule has 78 valence electrons. The average Bonchev–Trinajstić information content (AvgIpc) is 2.60. The number of aromatic nitrogens is 2. The zero-order valence-electron chi connectivity index (χ0n) is 8.22. The molecule has 1 N–H and O–H groups in total. The van der Waals surface area contributed by atoms with E-state index in [0.717, 1.165) is 22.8 Å². The number of alkyl halides is 1. The first-order valence-corrected chi connectivity index (χ1v) is 5.50. The number of benzene rings is 1. The van der Waals surface area contributed by atoms with Gasteiger partial charge in [-0.3, -0.25) is 0 Å². The molecule has 2 nitrogen and oxygen atoms in total. The lowest BCUT2D eigenvalue weighted by atomic mass is 10.1. The molecule has 2 rings (SSSR count). The minimum absolute atomic E-state index is 0.380. The zero-order valence-corrected chi connectivity index (χ0v) is 9.73. The maximum Gasteiger partial charge on any atom is 0.121 e. The lowest BCUT2D eigenvalue weighted by Crippen LogP contribution is -1.82. The summed E-state index contributed by atoms with van der Waals surface area (Å²) in [7, 11) is 0. The van der Waals surface area contributed by atoms with E-state index in [4.69, 9.17) is 23.2 Å². The molecule has 0 radical (unpaired) electrons. The fraction of sp³-hybridized carbons (Fsp3) is 0.182. The molecule has 15 heavy (non-hydrogen) atoms. The van der Waals surface area contributed by atoms with E-state index in [0.29, 0.717) is 10.9 Å². The van der Waals surface area contributed by atoms with Crippen molar-refractivity contribution in [2.75, 3.05) is 0 Å². The molecule has 2 aromatic rings. The number of H-pyrrole nitrogens is 1. The molecule has 4 heteroatoms. The molecular formula is C11H10Cl2N2. The number of imidazole rings is 1. The quantitative estimate of drug-likeness (QED) is 0.796. The van der Waals surface area contributed by atoms with Gasteiger partial charge in [0, 0.05) is 11.3 Å². The highest BCUT2D eigenvalue weighted by molar-refractivity contribution is 6.33. The van der Waals surface area contributed by atoms with Gasteiger partial charge in [0.15, 0.2) is 0 Å². The summed E-state index contributed by atoms with van der Waals surface area (Å²) in [5, 5.41) is 0.702. The van der Waals surface area contributed by atoms with Crippen molar-refractivity contribution in [1.29, 1.82) is 0 Å². The second-order valence-corrected chi connectivity index (χ2v) is 3.95. The Bertz CT molecular complexity index is 477. The number of hydrogen-bond acceptors (Lipinski definition) is 1. The van der Waals surface area contributed by atoms with Crippen molar-refractivity contribution in [3.63, 3.8) is 0 Å². The van der Waals surface area contributed by atoms with E-state index in [9.17, 15) is 0 Å². The summed E-state index contributed by atoms with van der Waals surface area (Å²) in [6.07, 6.45) is 0. The maximum absolute atomic E-state index is 6.10. The number of halogens is 2. The number of nitrogens with zero attached hydrogens (tertiary/aromatic N) is 1. The fourth-order valence-corrected chi connectivity index (χ4v) is 1.85. The minimum Gasteiger partial charge on any atom is -0.345 e. The van der Waals surface area contributed by atoms with Crippen LogP contribution in [0.4, 0.5) is 0 Å². The normalized spacial score (nSPS) is 10.6. The molecule has 0 saturated carbocycles. The summed E-state index contributed by atoms with van der Waals surface area (Å²) in [5.41, 5.74) is 2.79. The average molecular weight is 241 g/mol. The molecule has 0 unspecified atom stereocenters. The van der Waals surface area contributed by atoms with Gasteiger partial charge in [-0.25, -0.2) is 4.98 Å². The third kappa shape index (κ3) is 2.01. The van der Waals surface area contributed by atoms with Crippen LogP contribution in [-0.4, -0.2) is 9.97 Å². The van der Waals surface area contributed by atoms with Crippen molar-refractivity contribution in [2.45, 2.75) is 12.8 Å². The monoisotopic (exact) mass is 240 g/mol. The van der Waals surface area contributed by atoms with Crippen LogP contribution in [-0.2, 0) is 5.88 Å². The molecule has 1 aromatic heterocycles. The molecule has 0 atom stereocenters. The molecule has 0 fully saturated rings. The van der Waals surface area contributed by atoms with Crippen LogP contribution in [0.2, 0.25) is 5.02 Å². The van der Waals surface area contributed by atoms with Crippen LogP contribution in [0.25, 0.3) is 11.3 Å². The molecule has 0 saturated heterocycles. The van der Waals surface area contributed by atoms with Gasteiger partial charge in [-0.15, -0.1) is 11.6 Å². The van der Waals surface area contributed by atoms with Crippen LogP contribution in [0.3, 0.4) is 0 Å². The molecule has 0 aliphatic carbocycles. The number of rotatable bonds is 2. The van der Waals surface area contributed by atoms with E-state index in [1.807, 2.05) is 31.2 Å². The fourth-order valence-electron chi connectivity index (χ4n) is 1.50. The van der Waals surface area contributed by atoms with E-state index in [1.165, 1.54) is 0 Å². The minimum atomic E-state index is 0.380. The van der Waals surface area contributed by atoms with Crippen LogP contribution < -0.4 is 0 Å². The van der Waals surface area contributed by atoms with Gasteiger partial charge in [-0.2, -0.15) is 0 Å². The van der Waals surface area contributed by atoms with E-state index in [1.54, 1.807) is 0 Å². The first kappa shape index (κ1) is 10.5. The van der Waals surface area contributed by atoms with E-state index in [-0.39, 0.29) is 0 Å². The van der Waals surface area contributed by atoms with Gasteiger partial charge in [0.25, 0.3) is 0 Å². The van der Waals surface area contributed by atoms with Crippen molar-refractivity contribution < 1.29 is 0 Å². The number of nitrogens with one attached hydrogen (secondary N) is 1. The second-order valence-electron chi connectivity index (χ2n) is 3.27. The Morgan fingerprint density at radius 3 is 2.67 bits per heavy atom. The molecule has 1 aromatic carbocycles. The zero-order chi connectivity index (χ0) is 10.8. The van der Waals surface area contributed by atoms with Gasteiger partial charge in [-0.1, -0.05) is 29.8 Å². The van der Waals surface area contributed by atoms with Crippen molar-refractivity contribution in [3.8, 4) is 11.3 Å². The summed E-state index contributed by atoms with van der Waals surface area (Å²) in [6.45, 7) is 1.96. The predicted molar refractivity (Wildman–Crippen MR) is 63.3 cm³/mol. The highest BCUT2D eigenvalue weighted by atomic mass is 35.5. The van der Waals surface area contributed by atoms with Gasteiger partial charge in [0.2, 0.25) is 0 Å². The summed E-state index contributed by atoms with van der Waals surface area (Å²) in [6, 6.07) is 7.64. The molecule has 0 amide bonds. The van der Waals surface area contributed by atoms with Crippen LogP contribution in [0, 0.1) is 6.92 Å². The number of aromatic amines is 1. The van der Waals surface area contributed by atoms with E-state index >= 15 is 0 Å². The van der Waals surface area contributed by atoms with Crippen LogP contribution in [0.15, 0.2) is 24.3 Å². The van der Waals surface area contributed by atoms with Crippen LogP contribution in [0.1, 0.15) is 11.5 Å². The van der Waals surface area contributed by atoms with Crippen molar-refractivity contribution >= 4 is 23.2 Å². The lowest BCUT2D eigenvalue weighted by Gasteiger charge is -2.00. The van der Waals surface area contributed by atoms with Gasteiger partial charge < -0.3 is 4.98 Å². The Morgan fingerprint density at radius 2 is 2.07 bits per heavy atom. The Hall–Kier alpha value is -0.990. The number of hydrogen-bond donors (Lipinski definition) is 1. The molecule has 0 bridgehead atoms. The van der Waals surface area contributed by atoms with E-state index in [2.05, 4.69) is 9.97 Å². The predicted octanol–water partition coefficient (Wildman–Crippen LogP) is 3.78. The SMILES string of the molecule is Cc1[nH]c(CCl)nc1-c1ccccc1Cl. The summed E-state index contributed by atoms with van der Waals surface area (Å²) < 4.78 is 0. The summed E-state index contributed by atoms with van der Waals surface area (Å²) in [5.74, 6) is 1.15. The molecule has 0 aliphatic rings. The highest BCUT2D eigenvalue weighted by Gasteiger charge is 2.10.